The molecule has 5 heteroatoms. The summed E-state index contributed by atoms with van der Waals surface area (Å²) in [5.41, 5.74) is 0.858. The number of halogens is 1. The highest BCUT2D eigenvalue weighted by molar-refractivity contribution is 7.10. The number of likely N-dealkylation sites (N-methyl/N-ethyl adjacent to an activating group) is 1. The van der Waals surface area contributed by atoms with Gasteiger partial charge in [0, 0.05) is 11.4 Å². The second kappa shape index (κ2) is 7.33. The molecule has 1 unspecified atom stereocenters. The molecule has 0 saturated heterocycles. The highest BCUT2D eigenvalue weighted by Gasteiger charge is 2.12. The van der Waals surface area contributed by atoms with Crippen LogP contribution in [0.1, 0.15) is 23.4 Å². The average molecular weight is 306 g/mol. The van der Waals surface area contributed by atoms with Crippen LogP contribution in [-0.2, 0) is 11.3 Å². The van der Waals surface area contributed by atoms with E-state index in [0.717, 1.165) is 10.4 Å². The summed E-state index contributed by atoms with van der Waals surface area (Å²) in [7, 11) is 1.85. The minimum Gasteiger partial charge on any atom is -0.348 e. The quantitative estimate of drug-likeness (QED) is 0.889. The number of carbonyl (C=O) groups is 1. The number of hydrogen-bond acceptors (Lipinski definition) is 3. The van der Waals surface area contributed by atoms with Gasteiger partial charge in [0.15, 0.2) is 0 Å². The number of rotatable bonds is 6. The molecule has 1 atom stereocenters. The molecule has 2 rings (SSSR count). The Balaban J connectivity index is 1.82. The Morgan fingerprint density at radius 1 is 1.38 bits per heavy atom. The van der Waals surface area contributed by atoms with Crippen molar-refractivity contribution in [2.75, 3.05) is 13.6 Å². The summed E-state index contributed by atoms with van der Waals surface area (Å²) in [6.07, 6.45) is 0. The first-order valence-electron chi connectivity index (χ1n) is 6.80. The summed E-state index contributed by atoms with van der Waals surface area (Å²) in [6, 6.07) is 10.4. The van der Waals surface area contributed by atoms with E-state index in [1.54, 1.807) is 17.4 Å². The van der Waals surface area contributed by atoms with Crippen LogP contribution in [0, 0.1) is 5.82 Å². The van der Waals surface area contributed by atoms with Crippen molar-refractivity contribution in [1.82, 2.24) is 10.2 Å². The lowest BCUT2D eigenvalue weighted by atomic mass is 10.2. The molecular formula is C16H19FN2OS. The van der Waals surface area contributed by atoms with Crippen molar-refractivity contribution in [1.29, 1.82) is 0 Å². The minimum absolute atomic E-state index is 0.0140. The lowest BCUT2D eigenvalue weighted by Gasteiger charge is -2.18. The maximum atomic E-state index is 13.1. The van der Waals surface area contributed by atoms with Crippen LogP contribution in [-0.4, -0.2) is 24.4 Å². The van der Waals surface area contributed by atoms with Crippen molar-refractivity contribution in [3.8, 4) is 0 Å². The van der Waals surface area contributed by atoms with Crippen LogP contribution in [0.15, 0.2) is 41.8 Å². The molecule has 1 heterocycles. The number of benzene rings is 1. The molecule has 0 saturated carbocycles. The number of hydrogen-bond donors (Lipinski definition) is 1. The molecule has 0 radical (unpaired) electrons. The number of thiophene rings is 1. The largest absolute Gasteiger partial charge is 0.348 e. The van der Waals surface area contributed by atoms with Gasteiger partial charge in [0.25, 0.3) is 0 Å². The van der Waals surface area contributed by atoms with Crippen molar-refractivity contribution in [3.63, 3.8) is 0 Å². The summed E-state index contributed by atoms with van der Waals surface area (Å²) in [6.45, 7) is 2.79. The van der Waals surface area contributed by atoms with Gasteiger partial charge in [-0.2, -0.15) is 0 Å². The van der Waals surface area contributed by atoms with Crippen molar-refractivity contribution < 1.29 is 9.18 Å². The Kier molecular flexibility index (Phi) is 5.47. The Labute approximate surface area is 128 Å². The lowest BCUT2D eigenvalue weighted by molar-refractivity contribution is -0.122. The van der Waals surface area contributed by atoms with Crippen molar-refractivity contribution >= 4 is 17.2 Å². The maximum absolute atomic E-state index is 13.1. The molecule has 0 bridgehead atoms. The topological polar surface area (TPSA) is 32.3 Å². The third-order valence-corrected chi connectivity index (χ3v) is 4.16. The van der Waals surface area contributed by atoms with E-state index in [2.05, 4.69) is 5.32 Å². The Morgan fingerprint density at radius 3 is 2.86 bits per heavy atom. The van der Waals surface area contributed by atoms with Gasteiger partial charge in [0.05, 0.1) is 12.6 Å². The van der Waals surface area contributed by atoms with Gasteiger partial charge in [-0.05, 0) is 43.1 Å². The van der Waals surface area contributed by atoms with Gasteiger partial charge in [-0.15, -0.1) is 11.3 Å². The van der Waals surface area contributed by atoms with Gasteiger partial charge < -0.3 is 5.32 Å². The second-order valence-electron chi connectivity index (χ2n) is 5.11. The van der Waals surface area contributed by atoms with E-state index in [0.29, 0.717) is 6.54 Å². The molecule has 112 valence electrons. The molecule has 0 aliphatic rings. The van der Waals surface area contributed by atoms with E-state index < -0.39 is 0 Å². The standard InChI is InChI=1S/C16H19FN2OS/c1-12(15-7-4-8-21-15)18-16(20)11-19(2)10-13-5-3-6-14(17)9-13/h3-9,12H,10-11H2,1-2H3,(H,18,20). The van der Waals surface area contributed by atoms with Crippen LogP contribution < -0.4 is 5.32 Å². The van der Waals surface area contributed by atoms with Gasteiger partial charge >= 0.3 is 0 Å². The van der Waals surface area contributed by atoms with Crippen LogP contribution in [0.3, 0.4) is 0 Å². The van der Waals surface area contributed by atoms with Gasteiger partial charge in [-0.3, -0.25) is 9.69 Å². The number of carbonyl (C=O) groups excluding carboxylic acids is 1. The zero-order chi connectivity index (χ0) is 15.2. The summed E-state index contributed by atoms with van der Waals surface area (Å²) < 4.78 is 13.1. The lowest BCUT2D eigenvalue weighted by Crippen LogP contribution is -2.36. The number of amides is 1. The number of nitrogens with zero attached hydrogens (tertiary/aromatic N) is 1. The monoisotopic (exact) mass is 306 g/mol. The van der Waals surface area contributed by atoms with E-state index in [9.17, 15) is 9.18 Å². The van der Waals surface area contributed by atoms with Gasteiger partial charge in [0.2, 0.25) is 5.91 Å². The van der Waals surface area contributed by atoms with Crippen molar-refractivity contribution in [3.05, 3.63) is 58.0 Å². The summed E-state index contributed by atoms with van der Waals surface area (Å²) >= 11 is 1.63. The molecule has 1 N–H and O–H groups in total. The SMILES string of the molecule is CC(NC(=O)CN(C)Cc1cccc(F)c1)c1cccs1. The first-order valence-corrected chi connectivity index (χ1v) is 7.68. The minimum atomic E-state index is -0.253. The van der Waals surface area contributed by atoms with Crippen LogP contribution in [0.2, 0.25) is 0 Å². The van der Waals surface area contributed by atoms with Crippen LogP contribution in [0.25, 0.3) is 0 Å². The van der Waals surface area contributed by atoms with Crippen molar-refractivity contribution in [2.45, 2.75) is 19.5 Å². The van der Waals surface area contributed by atoms with Crippen LogP contribution in [0.4, 0.5) is 4.39 Å². The molecule has 2 aromatic rings. The predicted octanol–water partition coefficient (Wildman–Crippen LogP) is 3.20. The van der Waals surface area contributed by atoms with Crippen molar-refractivity contribution in [2.24, 2.45) is 0 Å². The first kappa shape index (κ1) is 15.7. The summed E-state index contributed by atoms with van der Waals surface area (Å²) in [5, 5.41) is 4.96. The fourth-order valence-corrected chi connectivity index (χ4v) is 2.88. The van der Waals surface area contributed by atoms with Gasteiger partial charge in [-0.1, -0.05) is 18.2 Å². The molecule has 0 aliphatic heterocycles. The van der Waals surface area contributed by atoms with E-state index in [1.807, 2.05) is 42.5 Å². The smallest absolute Gasteiger partial charge is 0.234 e. The molecule has 1 amide bonds. The van der Waals surface area contributed by atoms with Gasteiger partial charge in [0.1, 0.15) is 5.82 Å². The Hall–Kier alpha value is -1.72. The van der Waals surface area contributed by atoms with Crippen LogP contribution in [0.5, 0.6) is 0 Å². The van der Waals surface area contributed by atoms with Crippen LogP contribution >= 0.6 is 11.3 Å². The zero-order valence-electron chi connectivity index (χ0n) is 12.2. The van der Waals surface area contributed by atoms with E-state index in [4.69, 9.17) is 0 Å². The molecule has 0 spiro atoms. The third kappa shape index (κ3) is 4.95. The summed E-state index contributed by atoms with van der Waals surface area (Å²) in [5.74, 6) is -0.286. The first-order chi connectivity index (χ1) is 10.0. The molecule has 3 nitrogen and oxygen atoms in total. The molecular weight excluding hydrogens is 287 g/mol. The predicted molar refractivity (Wildman–Crippen MR) is 83.6 cm³/mol. The molecule has 1 aromatic heterocycles. The third-order valence-electron chi connectivity index (χ3n) is 3.10. The summed E-state index contributed by atoms with van der Waals surface area (Å²) in [4.78, 5) is 15.0. The van der Waals surface area contributed by atoms with E-state index in [-0.39, 0.29) is 24.3 Å². The second-order valence-corrected chi connectivity index (χ2v) is 6.09. The zero-order valence-corrected chi connectivity index (χ0v) is 13.0. The fourth-order valence-electron chi connectivity index (χ4n) is 2.14. The maximum Gasteiger partial charge on any atom is 0.234 e. The average Bonchev–Trinajstić information content (AvgIpc) is 2.91. The van der Waals surface area contributed by atoms with E-state index in [1.165, 1.54) is 12.1 Å². The van der Waals surface area contributed by atoms with Gasteiger partial charge in [-0.25, -0.2) is 4.39 Å². The van der Waals surface area contributed by atoms with E-state index >= 15 is 0 Å². The molecule has 0 aliphatic carbocycles. The molecule has 0 fully saturated rings. The molecule has 21 heavy (non-hydrogen) atoms. The highest BCUT2D eigenvalue weighted by atomic mass is 32.1. The number of nitrogens with one attached hydrogen (secondary N) is 1. The Morgan fingerprint density at radius 2 is 2.19 bits per heavy atom. The normalized spacial score (nSPS) is 12.4. The fraction of sp³-hybridized carbons (Fsp3) is 0.312. The highest BCUT2D eigenvalue weighted by Crippen LogP contribution is 2.17. The Bertz CT molecular complexity index is 586. The molecule has 1 aromatic carbocycles.